The van der Waals surface area contributed by atoms with Crippen molar-refractivity contribution < 1.29 is 19.4 Å². The van der Waals surface area contributed by atoms with Crippen molar-refractivity contribution >= 4 is 44.6 Å². The number of aliphatic hydroxyl groups excluding tert-OH is 1. The number of aromatic amines is 1. The number of nitrogens with one attached hydrogen (secondary N) is 2. The molecule has 1 aliphatic heterocycles. The second-order valence-corrected chi connectivity index (χ2v) is 10.3. The number of ether oxygens (including phenoxy) is 2. The van der Waals surface area contributed by atoms with Crippen LogP contribution in [-0.2, 0) is 4.79 Å². The summed E-state index contributed by atoms with van der Waals surface area (Å²) in [6.07, 6.45) is 2.18. The first-order chi connectivity index (χ1) is 17.1. The molecule has 0 spiro atoms. The minimum Gasteiger partial charge on any atom is -0.496 e. The standard InChI is InChI=1S/C27H31N3O4S/c1-17-11-18(26-12-21-23(33-2)6-4-8-25(21)35-26)9-10-30(17)14-19(32)15-34-24-7-3-5-22-20(24)13-27(29-22)28-16-31/h3-8,12-13,16-19,29,32H,9-11,14-15H2,1-2H3,(H,28,31)/t17-,18+,19-/m0/s1. The molecule has 3 N–H and O–H groups in total. The van der Waals surface area contributed by atoms with E-state index in [1.165, 1.54) is 15.0 Å². The highest BCUT2D eigenvalue weighted by molar-refractivity contribution is 7.19. The maximum Gasteiger partial charge on any atom is 0.212 e. The van der Waals surface area contributed by atoms with Crippen molar-refractivity contribution in [2.24, 2.45) is 0 Å². The van der Waals surface area contributed by atoms with Gasteiger partial charge in [0.25, 0.3) is 0 Å². The van der Waals surface area contributed by atoms with Crippen LogP contribution in [0.1, 0.15) is 30.6 Å². The van der Waals surface area contributed by atoms with E-state index in [1.807, 2.05) is 47.7 Å². The number of fused-ring (bicyclic) bond motifs is 2. The van der Waals surface area contributed by atoms with Crippen molar-refractivity contribution in [2.75, 3.05) is 32.1 Å². The summed E-state index contributed by atoms with van der Waals surface area (Å²) in [6.45, 7) is 3.98. The molecule has 4 aromatic rings. The van der Waals surface area contributed by atoms with Crippen molar-refractivity contribution in [3.63, 3.8) is 0 Å². The average Bonchev–Trinajstić information content (AvgIpc) is 3.48. The molecule has 5 rings (SSSR count). The van der Waals surface area contributed by atoms with Gasteiger partial charge in [0, 0.05) is 32.9 Å². The van der Waals surface area contributed by atoms with Crippen LogP contribution in [0, 0.1) is 0 Å². The van der Waals surface area contributed by atoms with E-state index in [2.05, 4.69) is 34.3 Å². The van der Waals surface area contributed by atoms with Gasteiger partial charge >= 0.3 is 0 Å². The number of amides is 1. The Labute approximate surface area is 208 Å². The Morgan fingerprint density at radius 3 is 2.86 bits per heavy atom. The first kappa shape index (κ1) is 23.7. The number of carbonyl (C=O) groups is 1. The smallest absolute Gasteiger partial charge is 0.212 e. The van der Waals surface area contributed by atoms with Gasteiger partial charge in [-0.25, -0.2) is 0 Å². The average molecular weight is 494 g/mol. The van der Waals surface area contributed by atoms with E-state index in [9.17, 15) is 9.90 Å². The topological polar surface area (TPSA) is 86.8 Å². The van der Waals surface area contributed by atoms with Crippen LogP contribution in [0.5, 0.6) is 11.5 Å². The zero-order chi connectivity index (χ0) is 24.4. The number of likely N-dealkylation sites (tertiary alicyclic amines) is 1. The molecule has 0 unspecified atom stereocenters. The zero-order valence-electron chi connectivity index (χ0n) is 20.0. The Balaban J connectivity index is 1.18. The number of hydrogen-bond donors (Lipinski definition) is 3. The number of rotatable bonds is 9. The second-order valence-electron chi connectivity index (χ2n) is 9.21. The quantitative estimate of drug-likeness (QED) is 0.287. The molecule has 2 aromatic carbocycles. The van der Waals surface area contributed by atoms with Gasteiger partial charge < -0.3 is 24.9 Å². The lowest BCUT2D eigenvalue weighted by atomic mass is 9.90. The normalized spacial score (nSPS) is 19.6. The van der Waals surface area contributed by atoms with Crippen molar-refractivity contribution in [1.82, 2.24) is 9.88 Å². The van der Waals surface area contributed by atoms with E-state index in [0.29, 0.717) is 36.5 Å². The molecule has 0 aliphatic carbocycles. The fourth-order valence-corrected chi connectivity index (χ4v) is 6.31. The molecule has 1 amide bonds. The SMILES string of the molecule is COc1cccc2sc([C@@H]3CCN(C[C@H](O)COc4cccc5[nH]c(NC=O)cc45)[C@@H](C)C3)cc12. The van der Waals surface area contributed by atoms with E-state index in [-0.39, 0.29) is 6.61 Å². The maximum absolute atomic E-state index is 10.7. The summed E-state index contributed by atoms with van der Waals surface area (Å²) in [6, 6.07) is 16.4. The molecule has 1 saturated heterocycles. The van der Waals surface area contributed by atoms with Crippen molar-refractivity contribution in [3.05, 3.63) is 53.4 Å². The fourth-order valence-electron chi connectivity index (χ4n) is 5.09. The number of piperidine rings is 1. The predicted octanol–water partition coefficient (Wildman–Crippen LogP) is 4.97. The Kier molecular flexibility index (Phi) is 6.95. The number of methoxy groups -OCH3 is 1. The molecular formula is C27H31N3O4S. The summed E-state index contributed by atoms with van der Waals surface area (Å²) in [5.41, 5.74) is 0.871. The number of aromatic nitrogens is 1. The van der Waals surface area contributed by atoms with E-state index in [0.717, 1.165) is 36.0 Å². The van der Waals surface area contributed by atoms with E-state index < -0.39 is 6.10 Å². The van der Waals surface area contributed by atoms with E-state index in [4.69, 9.17) is 9.47 Å². The number of anilines is 1. The molecule has 7 nitrogen and oxygen atoms in total. The molecule has 3 atom stereocenters. The van der Waals surface area contributed by atoms with Crippen LogP contribution in [0.2, 0.25) is 0 Å². The number of H-pyrrole nitrogens is 1. The van der Waals surface area contributed by atoms with Gasteiger partial charge in [0.2, 0.25) is 6.41 Å². The van der Waals surface area contributed by atoms with Gasteiger partial charge in [-0.15, -0.1) is 11.3 Å². The summed E-state index contributed by atoms with van der Waals surface area (Å²) in [5.74, 6) is 2.76. The third-order valence-electron chi connectivity index (χ3n) is 6.89. The largest absolute Gasteiger partial charge is 0.496 e. The second kappa shape index (κ2) is 10.3. The van der Waals surface area contributed by atoms with Crippen LogP contribution < -0.4 is 14.8 Å². The van der Waals surface area contributed by atoms with E-state index in [1.54, 1.807) is 7.11 Å². The van der Waals surface area contributed by atoms with Crippen LogP contribution in [0.3, 0.4) is 0 Å². The molecule has 35 heavy (non-hydrogen) atoms. The molecule has 0 bridgehead atoms. The molecule has 1 fully saturated rings. The van der Waals surface area contributed by atoms with Crippen LogP contribution in [0.25, 0.3) is 21.0 Å². The summed E-state index contributed by atoms with van der Waals surface area (Å²) < 4.78 is 12.8. The highest BCUT2D eigenvalue weighted by Gasteiger charge is 2.29. The Morgan fingerprint density at radius 2 is 2.06 bits per heavy atom. The third kappa shape index (κ3) is 5.00. The van der Waals surface area contributed by atoms with Crippen molar-refractivity contribution in [1.29, 1.82) is 0 Å². The van der Waals surface area contributed by atoms with Gasteiger partial charge in [0.15, 0.2) is 0 Å². The number of carbonyl (C=O) groups excluding carboxylic acids is 1. The van der Waals surface area contributed by atoms with Crippen molar-refractivity contribution in [3.8, 4) is 11.5 Å². The van der Waals surface area contributed by atoms with Gasteiger partial charge in [-0.3, -0.25) is 9.69 Å². The number of nitrogens with zero attached hydrogens (tertiary/aromatic N) is 1. The van der Waals surface area contributed by atoms with Gasteiger partial charge in [0.05, 0.1) is 12.6 Å². The molecule has 0 radical (unpaired) electrons. The summed E-state index contributed by atoms with van der Waals surface area (Å²) >= 11 is 1.87. The Hall–Kier alpha value is -3.07. The van der Waals surface area contributed by atoms with Crippen LogP contribution in [0.4, 0.5) is 5.82 Å². The molecular weight excluding hydrogens is 462 g/mol. The van der Waals surface area contributed by atoms with Gasteiger partial charge in [-0.2, -0.15) is 0 Å². The van der Waals surface area contributed by atoms with Crippen LogP contribution >= 0.6 is 11.3 Å². The highest BCUT2D eigenvalue weighted by Crippen LogP contribution is 2.40. The number of hydrogen-bond acceptors (Lipinski definition) is 6. The Morgan fingerprint density at radius 1 is 1.23 bits per heavy atom. The first-order valence-electron chi connectivity index (χ1n) is 12.0. The van der Waals surface area contributed by atoms with Gasteiger partial charge in [-0.05, 0) is 68.6 Å². The number of thiophene rings is 1. The van der Waals surface area contributed by atoms with Crippen LogP contribution in [0.15, 0.2) is 48.5 Å². The zero-order valence-corrected chi connectivity index (χ0v) is 20.8. The fraction of sp³-hybridized carbons (Fsp3) is 0.370. The third-order valence-corrected chi connectivity index (χ3v) is 8.15. The molecule has 0 saturated carbocycles. The van der Waals surface area contributed by atoms with E-state index >= 15 is 0 Å². The lowest BCUT2D eigenvalue weighted by Crippen LogP contribution is -2.45. The number of β-amino-alcohol motifs (C(OH)–C–C–N with tert-alkyl or cyclic N) is 1. The summed E-state index contributed by atoms with van der Waals surface area (Å²) in [4.78, 5) is 17.6. The van der Waals surface area contributed by atoms with Crippen molar-refractivity contribution in [2.45, 2.75) is 37.8 Å². The molecule has 3 heterocycles. The predicted molar refractivity (Wildman–Crippen MR) is 141 cm³/mol. The first-order valence-corrected chi connectivity index (χ1v) is 12.8. The molecule has 1 aliphatic rings. The molecule has 8 heteroatoms. The summed E-state index contributed by atoms with van der Waals surface area (Å²) in [7, 11) is 1.72. The monoisotopic (exact) mass is 493 g/mol. The minimum absolute atomic E-state index is 0.212. The van der Waals surface area contributed by atoms with Gasteiger partial charge in [0.1, 0.15) is 30.0 Å². The Bertz CT molecular complexity index is 1320. The lowest BCUT2D eigenvalue weighted by molar-refractivity contribution is -0.105. The maximum atomic E-state index is 10.7. The molecule has 184 valence electrons. The van der Waals surface area contributed by atoms with Gasteiger partial charge in [-0.1, -0.05) is 12.1 Å². The van der Waals surface area contributed by atoms with Crippen LogP contribution in [-0.4, -0.2) is 60.4 Å². The summed E-state index contributed by atoms with van der Waals surface area (Å²) in [5, 5.41) is 15.4. The minimum atomic E-state index is -0.593. The number of benzene rings is 2. The number of aliphatic hydroxyl groups is 1. The molecule has 2 aromatic heterocycles. The highest BCUT2D eigenvalue weighted by atomic mass is 32.1. The lowest BCUT2D eigenvalue weighted by Gasteiger charge is -2.38.